The third-order valence-corrected chi connectivity index (χ3v) is 0.912. The fraction of sp³-hybridized carbons (Fsp3) is 0.667. The number of carbonyl (C=O) groups is 2. The van der Waals surface area contributed by atoms with Crippen LogP contribution in [0, 0.1) is 0 Å². The summed E-state index contributed by atoms with van der Waals surface area (Å²) in [6.07, 6.45) is 0. The van der Waals surface area contributed by atoms with Gasteiger partial charge < -0.3 is 32.7 Å². The number of aliphatic carboxylic acids is 2. The van der Waals surface area contributed by atoms with Crippen LogP contribution >= 0.6 is 25.3 Å². The minimum atomic E-state index is -0.881. The molecule has 102 valence electrons. The Labute approximate surface area is 105 Å². The molecular weight excluding hydrogens is 260 g/mol. The number of rotatable bonds is 3. The minimum absolute atomic E-state index is 0. The van der Waals surface area contributed by atoms with E-state index in [0.29, 0.717) is 0 Å². The average molecular weight is 280 g/mol. The van der Waals surface area contributed by atoms with Crippen molar-refractivity contribution in [2.24, 2.45) is 0 Å². The molecule has 0 heterocycles. The SMILES string of the molecule is N.N.O=C(O)CS.O=C(O)CS.OCCO. The normalized spacial score (nSPS) is 6.50. The molecule has 0 rings (SSSR count). The third-order valence-electron chi connectivity index (χ3n) is 0.371. The Kier molecular flexibility index (Phi) is 54.1. The Morgan fingerprint density at radius 3 is 0.938 bits per heavy atom. The van der Waals surface area contributed by atoms with Crippen LogP contribution in [0.2, 0.25) is 0 Å². The van der Waals surface area contributed by atoms with Gasteiger partial charge in [0, 0.05) is 0 Å². The van der Waals surface area contributed by atoms with Crippen LogP contribution in [0.25, 0.3) is 0 Å². The molecular formula is C6H20N2O6S2. The van der Waals surface area contributed by atoms with Crippen LogP contribution < -0.4 is 12.3 Å². The van der Waals surface area contributed by atoms with Crippen molar-refractivity contribution in [3.63, 3.8) is 0 Å². The molecule has 0 aliphatic heterocycles. The maximum Gasteiger partial charge on any atom is 0.313 e. The quantitative estimate of drug-likeness (QED) is 0.311. The summed E-state index contributed by atoms with van der Waals surface area (Å²) in [5.74, 6) is -1.93. The molecule has 0 aliphatic rings. The summed E-state index contributed by atoms with van der Waals surface area (Å²) in [5, 5.41) is 30.5. The van der Waals surface area contributed by atoms with E-state index in [1.807, 2.05) is 0 Å². The van der Waals surface area contributed by atoms with Crippen molar-refractivity contribution < 1.29 is 30.0 Å². The largest absolute Gasteiger partial charge is 0.481 e. The van der Waals surface area contributed by atoms with Gasteiger partial charge >= 0.3 is 11.9 Å². The Bertz CT molecular complexity index is 133. The topological polar surface area (TPSA) is 185 Å². The molecule has 16 heavy (non-hydrogen) atoms. The van der Waals surface area contributed by atoms with Crippen LogP contribution in [0.3, 0.4) is 0 Å². The number of thiol groups is 2. The zero-order chi connectivity index (χ0) is 12.0. The molecule has 10 N–H and O–H groups in total. The Morgan fingerprint density at radius 1 is 0.812 bits per heavy atom. The standard InChI is InChI=1S/2C2H4O2S.C2H6O2.2H3N/c2*3-2(4)1-5;3-1-2-4;;/h2*5H,1H2,(H,3,4);3-4H,1-2H2;2*1H3. The number of carboxylic acid groups (broad SMARTS) is 2. The highest BCUT2D eigenvalue weighted by molar-refractivity contribution is 7.81. The molecule has 0 bridgehead atoms. The zero-order valence-electron chi connectivity index (χ0n) is 8.74. The van der Waals surface area contributed by atoms with E-state index in [9.17, 15) is 9.59 Å². The predicted octanol–water partition coefficient (Wildman–Crippen LogP) is -0.703. The highest BCUT2D eigenvalue weighted by Crippen LogP contribution is 1.66. The fourth-order valence-electron chi connectivity index (χ4n) is 0. The Morgan fingerprint density at radius 2 is 0.938 bits per heavy atom. The molecule has 0 aromatic rings. The van der Waals surface area contributed by atoms with E-state index in [-0.39, 0.29) is 37.0 Å². The van der Waals surface area contributed by atoms with Gasteiger partial charge in [0.1, 0.15) is 0 Å². The van der Waals surface area contributed by atoms with Crippen LogP contribution in [0.5, 0.6) is 0 Å². The van der Waals surface area contributed by atoms with Gasteiger partial charge in [-0.15, -0.1) is 0 Å². The van der Waals surface area contributed by atoms with Gasteiger partial charge in [0.2, 0.25) is 0 Å². The van der Waals surface area contributed by atoms with E-state index < -0.39 is 11.9 Å². The van der Waals surface area contributed by atoms with Crippen molar-refractivity contribution in [1.29, 1.82) is 0 Å². The summed E-state index contributed by atoms with van der Waals surface area (Å²) in [5.41, 5.74) is 0. The van der Waals surface area contributed by atoms with Gasteiger partial charge in [0.15, 0.2) is 0 Å². The van der Waals surface area contributed by atoms with Gasteiger partial charge in [-0.05, 0) is 0 Å². The summed E-state index contributed by atoms with van der Waals surface area (Å²) in [7, 11) is 0. The summed E-state index contributed by atoms with van der Waals surface area (Å²) >= 11 is 6.83. The van der Waals surface area contributed by atoms with Crippen LogP contribution in [0.1, 0.15) is 0 Å². The van der Waals surface area contributed by atoms with Crippen molar-refractivity contribution in [3.05, 3.63) is 0 Å². The molecule has 0 saturated heterocycles. The lowest BCUT2D eigenvalue weighted by Crippen LogP contribution is -1.92. The van der Waals surface area contributed by atoms with Crippen molar-refractivity contribution in [2.45, 2.75) is 0 Å². The van der Waals surface area contributed by atoms with Gasteiger partial charge in [0.05, 0.1) is 24.7 Å². The first-order valence-corrected chi connectivity index (χ1v) is 4.59. The van der Waals surface area contributed by atoms with Gasteiger partial charge in [-0.2, -0.15) is 25.3 Å². The van der Waals surface area contributed by atoms with Crippen molar-refractivity contribution in [2.75, 3.05) is 24.7 Å². The third kappa shape index (κ3) is 105. The van der Waals surface area contributed by atoms with Crippen molar-refractivity contribution in [3.8, 4) is 0 Å². The Hall–Kier alpha value is -0.520. The highest BCUT2D eigenvalue weighted by atomic mass is 32.1. The maximum absolute atomic E-state index is 9.29. The summed E-state index contributed by atoms with van der Waals surface area (Å²) in [6.45, 7) is -0.250. The maximum atomic E-state index is 9.29. The van der Waals surface area contributed by atoms with E-state index in [1.54, 1.807) is 0 Å². The van der Waals surface area contributed by atoms with Crippen molar-refractivity contribution in [1.82, 2.24) is 12.3 Å². The number of aliphatic hydroxyl groups excluding tert-OH is 2. The average Bonchev–Trinajstić information content (AvgIpc) is 2.19. The second-order valence-corrected chi connectivity index (χ2v) is 2.18. The van der Waals surface area contributed by atoms with Gasteiger partial charge in [-0.1, -0.05) is 0 Å². The van der Waals surface area contributed by atoms with Crippen LogP contribution in [0.4, 0.5) is 0 Å². The van der Waals surface area contributed by atoms with Crippen LogP contribution in [0.15, 0.2) is 0 Å². The lowest BCUT2D eigenvalue weighted by atomic mass is 10.8. The summed E-state index contributed by atoms with van der Waals surface area (Å²) in [6, 6.07) is 0. The van der Waals surface area contributed by atoms with Crippen molar-refractivity contribution >= 4 is 37.2 Å². The highest BCUT2D eigenvalue weighted by Gasteiger charge is 1.82. The first-order chi connectivity index (χ1) is 6.45. The molecule has 10 heteroatoms. The number of carboxylic acids is 2. The fourth-order valence-corrected chi connectivity index (χ4v) is 0. The Balaban J connectivity index is -0.0000000358. The summed E-state index contributed by atoms with van der Waals surface area (Å²) < 4.78 is 0. The van der Waals surface area contributed by atoms with E-state index in [1.165, 1.54) is 0 Å². The van der Waals surface area contributed by atoms with E-state index in [2.05, 4.69) is 25.3 Å². The molecule has 0 fully saturated rings. The molecule has 0 amide bonds. The van der Waals surface area contributed by atoms with E-state index >= 15 is 0 Å². The lowest BCUT2D eigenvalue weighted by molar-refractivity contribution is -0.134. The predicted molar refractivity (Wildman–Crippen MR) is 67.2 cm³/mol. The van der Waals surface area contributed by atoms with Crippen LogP contribution in [-0.2, 0) is 9.59 Å². The molecule has 0 aromatic heterocycles. The first-order valence-electron chi connectivity index (χ1n) is 3.33. The first kappa shape index (κ1) is 29.6. The minimum Gasteiger partial charge on any atom is -0.481 e. The summed E-state index contributed by atoms with van der Waals surface area (Å²) in [4.78, 5) is 18.6. The lowest BCUT2D eigenvalue weighted by Gasteiger charge is -1.71. The smallest absolute Gasteiger partial charge is 0.313 e. The molecule has 0 aliphatic carbocycles. The molecule has 0 unspecified atom stereocenters. The van der Waals surface area contributed by atoms with E-state index in [4.69, 9.17) is 20.4 Å². The molecule has 0 spiro atoms. The second-order valence-electron chi connectivity index (χ2n) is 1.55. The van der Waals surface area contributed by atoms with Crippen LogP contribution in [-0.4, -0.2) is 57.1 Å². The molecule has 0 saturated carbocycles. The molecule has 0 radical (unpaired) electrons. The second kappa shape index (κ2) is 29.3. The van der Waals surface area contributed by atoms with Gasteiger partial charge in [-0.3, -0.25) is 9.59 Å². The number of hydrogen-bond acceptors (Lipinski definition) is 8. The molecule has 8 nitrogen and oxygen atoms in total. The zero-order valence-corrected chi connectivity index (χ0v) is 10.5. The number of hydrogen-bond donors (Lipinski definition) is 8. The molecule has 0 atom stereocenters. The monoisotopic (exact) mass is 280 g/mol. The number of aliphatic hydroxyl groups is 2. The van der Waals surface area contributed by atoms with Gasteiger partial charge in [0.25, 0.3) is 0 Å². The van der Waals surface area contributed by atoms with Gasteiger partial charge in [-0.25, -0.2) is 0 Å². The van der Waals surface area contributed by atoms with E-state index in [0.717, 1.165) is 0 Å². The molecule has 0 aromatic carbocycles.